The molecule has 140 valence electrons. The average molecular weight is 352 g/mol. The van der Waals surface area contributed by atoms with Crippen LogP contribution in [0.15, 0.2) is 18.3 Å². The third-order valence-corrected chi connectivity index (χ3v) is 3.50. The van der Waals surface area contributed by atoms with Gasteiger partial charge in [-0.15, -0.1) is 0 Å². The van der Waals surface area contributed by atoms with Gasteiger partial charge in [-0.05, 0) is 49.6 Å². The van der Waals surface area contributed by atoms with Gasteiger partial charge in [0.2, 0.25) is 0 Å². The number of pyridine rings is 1. The van der Waals surface area contributed by atoms with Crippen molar-refractivity contribution in [1.29, 1.82) is 0 Å². The van der Waals surface area contributed by atoms with Crippen molar-refractivity contribution in [3.8, 4) is 0 Å². The lowest BCUT2D eigenvalue weighted by Gasteiger charge is -2.33. The molecule has 1 fully saturated rings. The summed E-state index contributed by atoms with van der Waals surface area (Å²) in [6.45, 7) is 11.0. The summed E-state index contributed by atoms with van der Waals surface area (Å²) in [4.78, 5) is 27.8. The van der Waals surface area contributed by atoms with Crippen molar-refractivity contribution >= 4 is 17.6 Å². The topological polar surface area (TPSA) is 97.6 Å². The highest BCUT2D eigenvalue weighted by atomic mass is 16.6. The van der Waals surface area contributed by atoms with Crippen molar-refractivity contribution in [2.75, 3.05) is 18.0 Å². The number of hydrogen-bond donors (Lipinski definition) is 1. The number of ether oxygens (including phenoxy) is 1. The molecule has 0 unspecified atom stereocenters. The molecule has 8 nitrogen and oxygen atoms in total. The van der Waals surface area contributed by atoms with Crippen LogP contribution in [0.3, 0.4) is 0 Å². The van der Waals surface area contributed by atoms with E-state index in [0.29, 0.717) is 0 Å². The van der Waals surface area contributed by atoms with Crippen molar-refractivity contribution in [3.05, 3.63) is 28.4 Å². The summed E-state index contributed by atoms with van der Waals surface area (Å²) < 4.78 is 5.25. The van der Waals surface area contributed by atoms with Gasteiger partial charge >= 0.3 is 11.9 Å². The van der Waals surface area contributed by atoms with Crippen LogP contribution in [-0.2, 0) is 4.74 Å². The van der Waals surface area contributed by atoms with Crippen molar-refractivity contribution in [2.45, 2.75) is 59.1 Å². The Hall–Kier alpha value is -2.38. The van der Waals surface area contributed by atoms with Gasteiger partial charge in [0.1, 0.15) is 5.60 Å². The van der Waals surface area contributed by atoms with Gasteiger partial charge in [-0.2, -0.15) is 0 Å². The van der Waals surface area contributed by atoms with Gasteiger partial charge < -0.3 is 25.1 Å². The van der Waals surface area contributed by atoms with Crippen molar-refractivity contribution in [3.63, 3.8) is 0 Å². The summed E-state index contributed by atoms with van der Waals surface area (Å²) in [6.07, 6.45) is 2.69. The Morgan fingerprint density at radius 1 is 1.32 bits per heavy atom. The maximum atomic E-state index is 11.8. The molecule has 0 saturated carbocycles. The summed E-state index contributed by atoms with van der Waals surface area (Å²) >= 11 is 0. The first kappa shape index (κ1) is 20.7. The van der Waals surface area contributed by atoms with E-state index >= 15 is 0 Å². The Morgan fingerprint density at radius 2 is 1.92 bits per heavy atom. The molecule has 1 aromatic rings. The second-order valence-electron chi connectivity index (χ2n) is 6.54. The molecule has 0 radical (unpaired) electrons. The second kappa shape index (κ2) is 9.19. The first-order chi connectivity index (χ1) is 11.7. The predicted octanol–water partition coefficient (Wildman–Crippen LogP) is 3.51. The third-order valence-electron chi connectivity index (χ3n) is 3.50. The number of alkyl carbamates (subject to hydrolysis) is 1. The van der Waals surface area contributed by atoms with Gasteiger partial charge in [-0.3, -0.25) is 0 Å². The van der Waals surface area contributed by atoms with E-state index < -0.39 is 16.6 Å². The lowest BCUT2D eigenvalue weighted by atomic mass is 10.0. The number of anilines is 1. The number of nitrogens with zero attached hydrogens (tertiary/aromatic N) is 3. The molecular weight excluding hydrogens is 324 g/mol. The first-order valence-electron chi connectivity index (χ1n) is 8.59. The lowest BCUT2D eigenvalue weighted by molar-refractivity contribution is -0.389. The Balaban J connectivity index is 0.00000151. The molecule has 1 N–H and O–H groups in total. The number of aromatic nitrogens is 1. The van der Waals surface area contributed by atoms with Gasteiger partial charge in [0, 0.05) is 25.2 Å². The van der Waals surface area contributed by atoms with Gasteiger partial charge in [0.05, 0.1) is 5.69 Å². The smallest absolute Gasteiger partial charge is 0.407 e. The van der Waals surface area contributed by atoms with Gasteiger partial charge in [0.15, 0.2) is 6.20 Å². The van der Waals surface area contributed by atoms with Crippen LogP contribution in [0.1, 0.15) is 47.5 Å². The van der Waals surface area contributed by atoms with Crippen LogP contribution in [0, 0.1) is 10.1 Å². The standard InChI is InChI=1S/C15H22N4O4.C2H6/c1-15(2,3)23-14(20)17-11-6-8-18(9-7-11)12-4-5-13(16-10-12)19(21)22;1-2/h4-5,10-11H,6-9H2,1-3H3,(H,17,20);1-2H3. The minimum absolute atomic E-state index is 0.0760. The van der Waals surface area contributed by atoms with E-state index in [-0.39, 0.29) is 11.9 Å². The number of carbonyl (C=O) groups is 1. The molecule has 2 heterocycles. The molecule has 1 amide bonds. The van der Waals surface area contributed by atoms with Gasteiger partial charge in [0.25, 0.3) is 0 Å². The van der Waals surface area contributed by atoms with Crippen LogP contribution in [0.5, 0.6) is 0 Å². The normalized spacial score (nSPS) is 15.0. The molecule has 0 aliphatic carbocycles. The average Bonchev–Trinajstić information content (AvgIpc) is 2.56. The quantitative estimate of drug-likeness (QED) is 0.660. The number of rotatable bonds is 3. The number of piperidine rings is 1. The van der Waals surface area contributed by atoms with E-state index in [2.05, 4.69) is 15.2 Å². The van der Waals surface area contributed by atoms with Crippen LogP contribution < -0.4 is 10.2 Å². The minimum atomic E-state index is -0.513. The zero-order chi connectivity index (χ0) is 19.0. The van der Waals surface area contributed by atoms with Crippen LogP contribution in [0.4, 0.5) is 16.3 Å². The van der Waals surface area contributed by atoms with E-state index in [1.54, 1.807) is 6.07 Å². The zero-order valence-corrected chi connectivity index (χ0v) is 15.6. The molecule has 2 rings (SSSR count). The van der Waals surface area contributed by atoms with Crippen LogP contribution in [-0.4, -0.2) is 40.7 Å². The Bertz CT molecular complexity index is 561. The van der Waals surface area contributed by atoms with Crippen molar-refractivity contribution in [1.82, 2.24) is 10.3 Å². The molecule has 0 atom stereocenters. The molecule has 0 spiro atoms. The highest BCUT2D eigenvalue weighted by Crippen LogP contribution is 2.21. The molecular formula is C17H28N4O4. The first-order valence-corrected chi connectivity index (χ1v) is 8.59. The fourth-order valence-electron chi connectivity index (χ4n) is 2.43. The minimum Gasteiger partial charge on any atom is -0.444 e. The van der Waals surface area contributed by atoms with E-state index in [4.69, 9.17) is 4.74 Å². The highest BCUT2D eigenvalue weighted by Gasteiger charge is 2.24. The Kier molecular flexibility index (Phi) is 7.60. The van der Waals surface area contributed by atoms with Gasteiger partial charge in [-0.25, -0.2) is 4.79 Å². The second-order valence-corrected chi connectivity index (χ2v) is 6.54. The summed E-state index contributed by atoms with van der Waals surface area (Å²) in [5.74, 6) is -0.157. The molecule has 25 heavy (non-hydrogen) atoms. The number of amides is 1. The largest absolute Gasteiger partial charge is 0.444 e. The van der Waals surface area contributed by atoms with Crippen LogP contribution >= 0.6 is 0 Å². The zero-order valence-electron chi connectivity index (χ0n) is 15.6. The van der Waals surface area contributed by atoms with E-state index in [1.807, 2.05) is 34.6 Å². The summed E-state index contributed by atoms with van der Waals surface area (Å²) in [7, 11) is 0. The summed E-state index contributed by atoms with van der Waals surface area (Å²) in [6, 6.07) is 3.18. The van der Waals surface area contributed by atoms with E-state index in [9.17, 15) is 14.9 Å². The van der Waals surface area contributed by atoms with Crippen molar-refractivity contribution in [2.24, 2.45) is 0 Å². The Morgan fingerprint density at radius 3 is 2.36 bits per heavy atom. The Labute approximate surface area is 148 Å². The SMILES string of the molecule is CC.CC(C)(C)OC(=O)NC1CCN(c2ccc([N+](=O)[O-])nc2)CC1. The fraction of sp³-hybridized carbons (Fsp3) is 0.647. The van der Waals surface area contributed by atoms with Crippen LogP contribution in [0.25, 0.3) is 0 Å². The number of hydrogen-bond acceptors (Lipinski definition) is 6. The molecule has 1 aliphatic heterocycles. The number of carbonyl (C=O) groups excluding carboxylic acids is 1. The highest BCUT2D eigenvalue weighted by molar-refractivity contribution is 5.68. The third kappa shape index (κ3) is 6.94. The molecule has 1 saturated heterocycles. The monoisotopic (exact) mass is 352 g/mol. The fourth-order valence-corrected chi connectivity index (χ4v) is 2.43. The molecule has 1 aliphatic rings. The summed E-state index contributed by atoms with van der Waals surface area (Å²) in [5.41, 5.74) is 0.348. The number of nitro groups is 1. The van der Waals surface area contributed by atoms with Crippen molar-refractivity contribution < 1.29 is 14.5 Å². The molecule has 0 aromatic carbocycles. The maximum absolute atomic E-state index is 11.8. The number of nitrogens with one attached hydrogen (secondary N) is 1. The molecule has 1 aromatic heterocycles. The summed E-state index contributed by atoms with van der Waals surface area (Å²) in [5, 5.41) is 13.5. The molecule has 0 bridgehead atoms. The van der Waals surface area contributed by atoms with E-state index in [1.165, 1.54) is 12.3 Å². The predicted molar refractivity (Wildman–Crippen MR) is 96.8 cm³/mol. The molecule has 8 heteroatoms. The van der Waals surface area contributed by atoms with E-state index in [0.717, 1.165) is 31.6 Å². The van der Waals surface area contributed by atoms with Gasteiger partial charge in [-0.1, -0.05) is 13.8 Å². The maximum Gasteiger partial charge on any atom is 0.407 e. The van der Waals surface area contributed by atoms with Crippen LogP contribution in [0.2, 0.25) is 0 Å². The lowest BCUT2D eigenvalue weighted by Crippen LogP contribution is -2.46.